The van der Waals surface area contributed by atoms with E-state index >= 15 is 0 Å². The molecule has 0 aliphatic carbocycles. The summed E-state index contributed by atoms with van der Waals surface area (Å²) in [6.45, 7) is 4.42. The van der Waals surface area contributed by atoms with Crippen LogP contribution in [0.1, 0.15) is 43.0 Å². The minimum absolute atomic E-state index is 0.113. The molecule has 0 fully saturated rings. The highest BCUT2D eigenvalue weighted by molar-refractivity contribution is 7.14. The largest absolute Gasteiger partial charge is 0.496 e. The zero-order valence-corrected chi connectivity index (χ0v) is 15.1. The first-order valence-corrected chi connectivity index (χ1v) is 8.44. The summed E-state index contributed by atoms with van der Waals surface area (Å²) in [5.41, 5.74) is 2.34. The molecular formula is C18H21NO4S. The second-order valence-corrected chi connectivity index (χ2v) is 6.51. The van der Waals surface area contributed by atoms with Crippen LogP contribution in [0.25, 0.3) is 0 Å². The Balaban J connectivity index is 2.10. The number of benzene rings is 1. The van der Waals surface area contributed by atoms with E-state index in [-0.39, 0.29) is 5.91 Å². The monoisotopic (exact) mass is 347 g/mol. The molecule has 0 spiro atoms. The summed E-state index contributed by atoms with van der Waals surface area (Å²) in [6, 6.07) is 7.10. The third kappa shape index (κ3) is 3.94. The molecule has 1 amide bonds. The van der Waals surface area contributed by atoms with Crippen molar-refractivity contribution in [2.45, 2.75) is 26.8 Å². The SMILES string of the molecule is CCc1cc(C(=O)NCc2ccc(OC)c(C(=O)OC)c2)sc1C. The number of nitrogens with one attached hydrogen (secondary N) is 1. The van der Waals surface area contributed by atoms with Gasteiger partial charge < -0.3 is 14.8 Å². The molecule has 5 nitrogen and oxygen atoms in total. The Morgan fingerprint density at radius 1 is 1.21 bits per heavy atom. The predicted octanol–water partition coefficient (Wildman–Crippen LogP) is 3.34. The number of hydrogen-bond acceptors (Lipinski definition) is 5. The average molecular weight is 347 g/mol. The third-order valence-corrected chi connectivity index (χ3v) is 4.84. The lowest BCUT2D eigenvalue weighted by Crippen LogP contribution is -2.22. The van der Waals surface area contributed by atoms with Crippen molar-refractivity contribution in [2.75, 3.05) is 14.2 Å². The number of methoxy groups -OCH3 is 2. The Bertz CT molecular complexity index is 751. The molecule has 0 radical (unpaired) electrons. The molecule has 2 aromatic rings. The van der Waals surface area contributed by atoms with Gasteiger partial charge in [-0.05, 0) is 42.7 Å². The number of ether oxygens (including phenoxy) is 2. The molecular weight excluding hydrogens is 326 g/mol. The van der Waals surface area contributed by atoms with Crippen molar-refractivity contribution in [2.24, 2.45) is 0 Å². The number of rotatable bonds is 6. The Morgan fingerprint density at radius 3 is 2.54 bits per heavy atom. The predicted molar refractivity (Wildman–Crippen MR) is 93.9 cm³/mol. The van der Waals surface area contributed by atoms with E-state index in [9.17, 15) is 9.59 Å². The first-order valence-electron chi connectivity index (χ1n) is 7.62. The molecule has 1 aromatic heterocycles. The molecule has 0 aliphatic rings. The van der Waals surface area contributed by atoms with Crippen LogP contribution in [-0.2, 0) is 17.7 Å². The van der Waals surface area contributed by atoms with Crippen molar-refractivity contribution < 1.29 is 19.1 Å². The van der Waals surface area contributed by atoms with Crippen molar-refractivity contribution in [1.82, 2.24) is 5.32 Å². The fourth-order valence-electron chi connectivity index (χ4n) is 2.39. The van der Waals surface area contributed by atoms with Gasteiger partial charge in [0.05, 0.1) is 19.1 Å². The maximum Gasteiger partial charge on any atom is 0.341 e. The molecule has 0 aliphatic heterocycles. The number of carbonyl (C=O) groups excluding carboxylic acids is 2. The zero-order valence-electron chi connectivity index (χ0n) is 14.3. The number of thiophene rings is 1. The summed E-state index contributed by atoms with van der Waals surface area (Å²) < 4.78 is 9.91. The third-order valence-electron chi connectivity index (χ3n) is 3.75. The van der Waals surface area contributed by atoms with Gasteiger partial charge in [-0.2, -0.15) is 0 Å². The second kappa shape index (κ2) is 7.97. The van der Waals surface area contributed by atoms with Gasteiger partial charge in [0.1, 0.15) is 11.3 Å². The maximum atomic E-state index is 12.3. The van der Waals surface area contributed by atoms with Crippen LogP contribution in [0.15, 0.2) is 24.3 Å². The van der Waals surface area contributed by atoms with Crippen LogP contribution >= 0.6 is 11.3 Å². The number of hydrogen-bond donors (Lipinski definition) is 1. The molecule has 128 valence electrons. The van der Waals surface area contributed by atoms with Gasteiger partial charge >= 0.3 is 5.97 Å². The summed E-state index contributed by atoms with van der Waals surface area (Å²) in [5.74, 6) is -0.141. The normalized spacial score (nSPS) is 10.3. The average Bonchev–Trinajstić information content (AvgIpc) is 2.99. The lowest BCUT2D eigenvalue weighted by atomic mass is 10.1. The molecule has 0 saturated heterocycles. The van der Waals surface area contributed by atoms with Gasteiger partial charge in [-0.3, -0.25) is 4.79 Å². The van der Waals surface area contributed by atoms with E-state index in [0.717, 1.165) is 12.0 Å². The van der Waals surface area contributed by atoms with Crippen molar-refractivity contribution in [1.29, 1.82) is 0 Å². The highest BCUT2D eigenvalue weighted by Gasteiger charge is 2.15. The van der Waals surface area contributed by atoms with Gasteiger partial charge in [-0.15, -0.1) is 11.3 Å². The van der Waals surface area contributed by atoms with Gasteiger partial charge in [0.15, 0.2) is 0 Å². The number of esters is 1. The van der Waals surface area contributed by atoms with Crippen molar-refractivity contribution >= 4 is 23.2 Å². The molecule has 0 bridgehead atoms. The van der Waals surface area contributed by atoms with Gasteiger partial charge in [-0.1, -0.05) is 13.0 Å². The molecule has 1 heterocycles. The number of aryl methyl sites for hydroxylation is 2. The van der Waals surface area contributed by atoms with E-state index in [4.69, 9.17) is 9.47 Å². The zero-order chi connectivity index (χ0) is 17.7. The van der Waals surface area contributed by atoms with Crippen LogP contribution in [-0.4, -0.2) is 26.1 Å². The molecule has 1 N–H and O–H groups in total. The van der Waals surface area contributed by atoms with Crippen LogP contribution in [0, 0.1) is 6.92 Å². The lowest BCUT2D eigenvalue weighted by molar-refractivity contribution is 0.0597. The van der Waals surface area contributed by atoms with E-state index < -0.39 is 5.97 Å². The Morgan fingerprint density at radius 2 is 1.96 bits per heavy atom. The Hall–Kier alpha value is -2.34. The molecule has 24 heavy (non-hydrogen) atoms. The van der Waals surface area contributed by atoms with Crippen LogP contribution < -0.4 is 10.1 Å². The van der Waals surface area contributed by atoms with E-state index in [1.807, 2.05) is 19.1 Å². The first-order chi connectivity index (χ1) is 11.5. The smallest absolute Gasteiger partial charge is 0.341 e. The Labute approximate surface area is 145 Å². The standard InChI is InChI=1S/C18H21NO4S/c1-5-13-9-16(24-11(13)2)17(20)19-10-12-6-7-15(22-3)14(8-12)18(21)23-4/h6-9H,5,10H2,1-4H3,(H,19,20). The second-order valence-electron chi connectivity index (χ2n) is 5.25. The highest BCUT2D eigenvalue weighted by Crippen LogP contribution is 2.23. The van der Waals surface area contributed by atoms with Crippen molar-refractivity contribution in [3.63, 3.8) is 0 Å². The minimum Gasteiger partial charge on any atom is -0.496 e. The summed E-state index contributed by atoms with van der Waals surface area (Å²) in [5, 5.41) is 2.88. The van der Waals surface area contributed by atoms with Gasteiger partial charge in [0.2, 0.25) is 0 Å². The number of carbonyl (C=O) groups is 2. The van der Waals surface area contributed by atoms with Crippen molar-refractivity contribution in [3.8, 4) is 5.75 Å². The molecule has 0 saturated carbocycles. The van der Waals surface area contributed by atoms with Crippen LogP contribution in [0.3, 0.4) is 0 Å². The number of amides is 1. The Kier molecular flexibility index (Phi) is 5.98. The summed E-state index contributed by atoms with van der Waals surface area (Å²) >= 11 is 1.49. The maximum absolute atomic E-state index is 12.3. The van der Waals surface area contributed by atoms with E-state index in [0.29, 0.717) is 22.7 Å². The van der Waals surface area contributed by atoms with Crippen LogP contribution in [0.4, 0.5) is 0 Å². The van der Waals surface area contributed by atoms with E-state index in [2.05, 4.69) is 12.2 Å². The molecule has 2 rings (SSSR count). The summed E-state index contributed by atoms with van der Waals surface area (Å²) in [6.07, 6.45) is 0.913. The van der Waals surface area contributed by atoms with Gasteiger partial charge in [0.25, 0.3) is 5.91 Å². The molecule has 0 atom stereocenters. The fraction of sp³-hybridized carbons (Fsp3) is 0.333. The first kappa shape index (κ1) is 18.0. The summed E-state index contributed by atoms with van der Waals surface area (Å²) in [4.78, 5) is 25.9. The fourth-order valence-corrected chi connectivity index (χ4v) is 3.42. The highest BCUT2D eigenvalue weighted by atomic mass is 32.1. The quantitative estimate of drug-likeness (QED) is 0.814. The molecule has 0 unspecified atom stereocenters. The topological polar surface area (TPSA) is 64.6 Å². The van der Waals surface area contributed by atoms with Gasteiger partial charge in [0, 0.05) is 11.4 Å². The van der Waals surface area contributed by atoms with Crippen LogP contribution in [0.2, 0.25) is 0 Å². The van der Waals surface area contributed by atoms with E-state index in [1.165, 1.54) is 36.0 Å². The van der Waals surface area contributed by atoms with Crippen molar-refractivity contribution in [3.05, 3.63) is 50.7 Å². The lowest BCUT2D eigenvalue weighted by Gasteiger charge is -2.10. The molecule has 1 aromatic carbocycles. The minimum atomic E-state index is -0.471. The molecule has 6 heteroatoms. The summed E-state index contributed by atoms with van der Waals surface area (Å²) in [7, 11) is 2.81. The van der Waals surface area contributed by atoms with E-state index in [1.54, 1.807) is 12.1 Å². The van der Waals surface area contributed by atoms with Gasteiger partial charge in [-0.25, -0.2) is 4.79 Å². The van der Waals surface area contributed by atoms with Crippen LogP contribution in [0.5, 0.6) is 5.75 Å².